The highest BCUT2D eigenvalue weighted by atomic mass is 32.2. The Morgan fingerprint density at radius 1 is 1.47 bits per heavy atom. The van der Waals surface area contributed by atoms with Crippen molar-refractivity contribution in [2.45, 2.75) is 4.90 Å². The standard InChI is InChI=1S/C8H8FNO4S/c1-14-8-5(4-11)2-6(9)3-7(8)15(10,12)13/h2-4H,1H3,(H2,10,12,13). The normalized spacial score (nSPS) is 11.1. The molecule has 0 heterocycles. The van der Waals surface area contributed by atoms with Crippen LogP contribution in [0.5, 0.6) is 5.75 Å². The van der Waals surface area contributed by atoms with Crippen molar-refractivity contribution in [1.29, 1.82) is 0 Å². The Labute approximate surface area is 85.7 Å². The average Bonchev–Trinajstić information content (AvgIpc) is 2.15. The van der Waals surface area contributed by atoms with E-state index in [-0.39, 0.29) is 17.6 Å². The van der Waals surface area contributed by atoms with Crippen molar-refractivity contribution in [3.63, 3.8) is 0 Å². The van der Waals surface area contributed by atoms with Gasteiger partial charge in [0.2, 0.25) is 10.0 Å². The number of primary sulfonamides is 1. The number of carbonyl (C=O) groups excluding carboxylic acids is 1. The molecule has 0 unspecified atom stereocenters. The van der Waals surface area contributed by atoms with E-state index < -0.39 is 20.7 Å². The smallest absolute Gasteiger partial charge is 0.241 e. The van der Waals surface area contributed by atoms with Crippen LogP contribution in [-0.4, -0.2) is 21.8 Å². The summed E-state index contributed by atoms with van der Waals surface area (Å²) in [4.78, 5) is 9.99. The number of aldehydes is 1. The summed E-state index contributed by atoms with van der Waals surface area (Å²) in [6.07, 6.45) is 0.288. The van der Waals surface area contributed by atoms with Gasteiger partial charge in [-0.05, 0) is 12.1 Å². The molecule has 0 radical (unpaired) electrons. The highest BCUT2D eigenvalue weighted by molar-refractivity contribution is 7.89. The number of carbonyl (C=O) groups is 1. The van der Waals surface area contributed by atoms with E-state index in [9.17, 15) is 17.6 Å². The Kier molecular flexibility index (Phi) is 3.06. The van der Waals surface area contributed by atoms with E-state index in [4.69, 9.17) is 9.88 Å². The number of methoxy groups -OCH3 is 1. The quantitative estimate of drug-likeness (QED) is 0.760. The van der Waals surface area contributed by atoms with Crippen LogP contribution in [0.25, 0.3) is 0 Å². The van der Waals surface area contributed by atoms with E-state index in [1.807, 2.05) is 0 Å². The Morgan fingerprint density at radius 3 is 2.47 bits per heavy atom. The van der Waals surface area contributed by atoms with Gasteiger partial charge in [0.1, 0.15) is 16.5 Å². The van der Waals surface area contributed by atoms with Gasteiger partial charge < -0.3 is 4.74 Å². The molecule has 15 heavy (non-hydrogen) atoms. The maximum Gasteiger partial charge on any atom is 0.241 e. The molecular formula is C8H8FNO4S. The van der Waals surface area contributed by atoms with Crippen molar-refractivity contribution in [3.05, 3.63) is 23.5 Å². The summed E-state index contributed by atoms with van der Waals surface area (Å²) in [5, 5.41) is 4.84. The summed E-state index contributed by atoms with van der Waals surface area (Å²) < 4.78 is 39.7. The molecule has 1 aromatic rings. The molecule has 7 heteroatoms. The van der Waals surface area contributed by atoms with Gasteiger partial charge in [0.15, 0.2) is 6.29 Å². The van der Waals surface area contributed by atoms with E-state index in [0.29, 0.717) is 6.07 Å². The lowest BCUT2D eigenvalue weighted by molar-refractivity contribution is 0.111. The zero-order valence-electron chi connectivity index (χ0n) is 7.73. The van der Waals surface area contributed by atoms with Gasteiger partial charge in [-0.1, -0.05) is 0 Å². The zero-order chi connectivity index (χ0) is 11.6. The van der Waals surface area contributed by atoms with Gasteiger partial charge in [-0.3, -0.25) is 4.79 Å². The van der Waals surface area contributed by atoms with Gasteiger partial charge in [0, 0.05) is 0 Å². The van der Waals surface area contributed by atoms with Crippen molar-refractivity contribution < 1.29 is 22.3 Å². The van der Waals surface area contributed by atoms with Gasteiger partial charge in [-0.25, -0.2) is 17.9 Å². The molecule has 1 aromatic carbocycles. The first-order chi connectivity index (χ1) is 6.90. The van der Waals surface area contributed by atoms with Crippen LogP contribution in [0, 0.1) is 5.82 Å². The summed E-state index contributed by atoms with van der Waals surface area (Å²) in [7, 11) is -2.96. The van der Waals surface area contributed by atoms with Crippen LogP contribution < -0.4 is 9.88 Å². The number of halogens is 1. The molecule has 0 spiro atoms. The molecule has 0 saturated carbocycles. The molecule has 0 bridgehead atoms. The minimum Gasteiger partial charge on any atom is -0.495 e. The Balaban J connectivity index is 3.64. The maximum absolute atomic E-state index is 12.9. The topological polar surface area (TPSA) is 86.5 Å². The van der Waals surface area contributed by atoms with Gasteiger partial charge in [-0.2, -0.15) is 0 Å². The fourth-order valence-electron chi connectivity index (χ4n) is 1.11. The fraction of sp³-hybridized carbons (Fsp3) is 0.125. The summed E-state index contributed by atoms with van der Waals surface area (Å²) in [5.74, 6) is -1.13. The van der Waals surface area contributed by atoms with Crippen LogP contribution in [0.15, 0.2) is 17.0 Å². The van der Waals surface area contributed by atoms with Crippen molar-refractivity contribution in [2.24, 2.45) is 5.14 Å². The minimum atomic E-state index is -4.12. The molecule has 5 nitrogen and oxygen atoms in total. The average molecular weight is 233 g/mol. The molecule has 1 rings (SSSR count). The largest absolute Gasteiger partial charge is 0.495 e. The van der Waals surface area contributed by atoms with Crippen LogP contribution in [0.4, 0.5) is 4.39 Å². The van der Waals surface area contributed by atoms with E-state index in [1.54, 1.807) is 0 Å². The van der Waals surface area contributed by atoms with Gasteiger partial charge in [0.25, 0.3) is 0 Å². The highest BCUT2D eigenvalue weighted by Crippen LogP contribution is 2.27. The summed E-state index contributed by atoms with van der Waals surface area (Å²) >= 11 is 0. The molecule has 0 aliphatic rings. The monoisotopic (exact) mass is 233 g/mol. The number of benzene rings is 1. The van der Waals surface area contributed by atoms with E-state index >= 15 is 0 Å². The lowest BCUT2D eigenvalue weighted by atomic mass is 10.2. The van der Waals surface area contributed by atoms with Crippen molar-refractivity contribution >= 4 is 16.3 Å². The third kappa shape index (κ3) is 2.31. The number of rotatable bonds is 3. The minimum absolute atomic E-state index is 0.207. The number of hydrogen-bond acceptors (Lipinski definition) is 4. The molecule has 0 aliphatic carbocycles. The molecule has 0 aromatic heterocycles. The lowest BCUT2D eigenvalue weighted by Crippen LogP contribution is -2.14. The summed E-state index contributed by atoms with van der Waals surface area (Å²) in [5.41, 5.74) is -0.207. The Morgan fingerprint density at radius 2 is 2.07 bits per heavy atom. The Bertz CT molecular complexity index is 498. The Hall–Kier alpha value is -1.47. The molecule has 0 saturated heterocycles. The van der Waals surface area contributed by atoms with Crippen molar-refractivity contribution in [3.8, 4) is 5.75 Å². The van der Waals surface area contributed by atoms with Crippen molar-refractivity contribution in [2.75, 3.05) is 7.11 Å². The van der Waals surface area contributed by atoms with Crippen LogP contribution in [-0.2, 0) is 10.0 Å². The molecule has 0 fully saturated rings. The third-order valence-corrected chi connectivity index (χ3v) is 2.60. The summed E-state index contributed by atoms with van der Waals surface area (Å²) in [6, 6.07) is 1.56. The zero-order valence-corrected chi connectivity index (χ0v) is 8.55. The van der Waals surface area contributed by atoms with E-state index in [0.717, 1.165) is 13.2 Å². The number of hydrogen-bond donors (Lipinski definition) is 1. The van der Waals surface area contributed by atoms with E-state index in [2.05, 4.69) is 0 Å². The second kappa shape index (κ2) is 3.95. The SMILES string of the molecule is COc1c(C=O)cc(F)cc1S(N)(=O)=O. The second-order valence-corrected chi connectivity index (χ2v) is 4.22. The molecule has 0 aliphatic heterocycles. The molecule has 2 N–H and O–H groups in total. The van der Waals surface area contributed by atoms with Crippen LogP contribution in [0.2, 0.25) is 0 Å². The maximum atomic E-state index is 12.9. The first-order valence-electron chi connectivity index (χ1n) is 3.75. The van der Waals surface area contributed by atoms with Crippen molar-refractivity contribution in [1.82, 2.24) is 0 Å². The molecule has 0 atom stereocenters. The van der Waals surface area contributed by atoms with Gasteiger partial charge in [-0.15, -0.1) is 0 Å². The fourth-order valence-corrected chi connectivity index (χ4v) is 1.84. The first-order valence-corrected chi connectivity index (χ1v) is 5.30. The predicted octanol–water partition coefficient (Wildman–Crippen LogP) is 0.294. The molecule has 82 valence electrons. The summed E-state index contributed by atoms with van der Waals surface area (Å²) in [6.45, 7) is 0. The lowest BCUT2D eigenvalue weighted by Gasteiger charge is -2.08. The second-order valence-electron chi connectivity index (χ2n) is 2.69. The van der Waals surface area contributed by atoms with Crippen LogP contribution >= 0.6 is 0 Å². The van der Waals surface area contributed by atoms with Crippen LogP contribution in [0.1, 0.15) is 10.4 Å². The number of nitrogens with two attached hydrogens (primary N) is 1. The van der Waals surface area contributed by atoms with E-state index in [1.165, 1.54) is 0 Å². The number of ether oxygens (including phenoxy) is 1. The first kappa shape index (κ1) is 11.6. The third-order valence-electron chi connectivity index (χ3n) is 1.69. The van der Waals surface area contributed by atoms with Gasteiger partial charge in [0.05, 0.1) is 12.7 Å². The predicted molar refractivity (Wildman–Crippen MR) is 49.7 cm³/mol. The highest BCUT2D eigenvalue weighted by Gasteiger charge is 2.19. The molecular weight excluding hydrogens is 225 g/mol. The van der Waals surface area contributed by atoms with Crippen LogP contribution in [0.3, 0.4) is 0 Å². The number of sulfonamides is 1. The molecule has 0 amide bonds. The van der Waals surface area contributed by atoms with Gasteiger partial charge >= 0.3 is 0 Å².